The summed E-state index contributed by atoms with van der Waals surface area (Å²) >= 11 is 3.60. The Labute approximate surface area is 134 Å². The maximum Gasteiger partial charge on any atom is 0.0525 e. The first-order valence-corrected chi connectivity index (χ1v) is 8.10. The summed E-state index contributed by atoms with van der Waals surface area (Å²) in [7, 11) is 4.15. The van der Waals surface area contributed by atoms with Gasteiger partial charge in [-0.2, -0.15) is 5.10 Å². The SMILES string of the molecule is CN1CCN(c2ccc(Br)cc2Cc2cnn(C)c2)CC1. The van der Waals surface area contributed by atoms with Gasteiger partial charge in [0.25, 0.3) is 0 Å². The molecule has 1 aromatic heterocycles. The van der Waals surface area contributed by atoms with Crippen LogP contribution in [0.3, 0.4) is 0 Å². The third kappa shape index (κ3) is 3.47. The number of likely N-dealkylation sites (N-methyl/N-ethyl adjacent to an activating group) is 1. The van der Waals surface area contributed by atoms with E-state index in [0.717, 1.165) is 37.1 Å². The quantitative estimate of drug-likeness (QED) is 0.851. The molecule has 3 rings (SSSR count). The molecule has 2 heterocycles. The molecule has 1 saturated heterocycles. The van der Waals surface area contributed by atoms with E-state index in [9.17, 15) is 0 Å². The van der Waals surface area contributed by atoms with E-state index in [-0.39, 0.29) is 0 Å². The number of hydrogen-bond donors (Lipinski definition) is 0. The maximum absolute atomic E-state index is 4.27. The number of nitrogens with zero attached hydrogens (tertiary/aromatic N) is 4. The van der Waals surface area contributed by atoms with E-state index in [1.54, 1.807) is 0 Å². The number of benzene rings is 1. The lowest BCUT2D eigenvalue weighted by Gasteiger charge is -2.35. The Morgan fingerprint density at radius 3 is 2.57 bits per heavy atom. The third-order valence-electron chi connectivity index (χ3n) is 4.04. The van der Waals surface area contributed by atoms with Crippen molar-refractivity contribution in [3.8, 4) is 0 Å². The number of rotatable bonds is 3. The Bertz CT molecular complexity index is 614. The summed E-state index contributed by atoms with van der Waals surface area (Å²) in [4.78, 5) is 4.88. The first-order valence-electron chi connectivity index (χ1n) is 7.31. The summed E-state index contributed by atoms with van der Waals surface area (Å²) in [6.45, 7) is 4.45. The van der Waals surface area contributed by atoms with Gasteiger partial charge in [0.15, 0.2) is 0 Å². The molecule has 1 aliphatic heterocycles. The second-order valence-electron chi connectivity index (χ2n) is 5.76. The largest absolute Gasteiger partial charge is 0.369 e. The molecule has 0 bridgehead atoms. The molecule has 4 nitrogen and oxygen atoms in total. The third-order valence-corrected chi connectivity index (χ3v) is 4.53. The minimum Gasteiger partial charge on any atom is -0.369 e. The fraction of sp³-hybridized carbons (Fsp3) is 0.438. The van der Waals surface area contributed by atoms with Crippen molar-refractivity contribution < 1.29 is 0 Å². The summed E-state index contributed by atoms with van der Waals surface area (Å²) in [6, 6.07) is 6.61. The minimum atomic E-state index is 0.926. The Kier molecular flexibility index (Phi) is 4.31. The highest BCUT2D eigenvalue weighted by Gasteiger charge is 2.17. The Morgan fingerprint density at radius 2 is 1.90 bits per heavy atom. The number of halogens is 1. The fourth-order valence-corrected chi connectivity index (χ4v) is 3.24. The van der Waals surface area contributed by atoms with Crippen molar-refractivity contribution in [1.82, 2.24) is 14.7 Å². The van der Waals surface area contributed by atoms with Crippen LogP contribution in [0.4, 0.5) is 5.69 Å². The highest BCUT2D eigenvalue weighted by atomic mass is 79.9. The summed E-state index contributed by atoms with van der Waals surface area (Å²) < 4.78 is 3.00. The van der Waals surface area contributed by atoms with Crippen LogP contribution in [-0.4, -0.2) is 47.9 Å². The highest BCUT2D eigenvalue weighted by Crippen LogP contribution is 2.27. The first kappa shape index (κ1) is 14.6. The van der Waals surface area contributed by atoms with Crippen LogP contribution >= 0.6 is 15.9 Å². The summed E-state index contributed by atoms with van der Waals surface area (Å²) in [5, 5.41) is 4.27. The van der Waals surface area contributed by atoms with Crippen LogP contribution in [0.25, 0.3) is 0 Å². The topological polar surface area (TPSA) is 24.3 Å². The molecule has 21 heavy (non-hydrogen) atoms. The molecular formula is C16H21BrN4. The van der Waals surface area contributed by atoms with E-state index in [1.165, 1.54) is 16.8 Å². The van der Waals surface area contributed by atoms with Crippen molar-refractivity contribution in [3.63, 3.8) is 0 Å². The molecule has 0 amide bonds. The second kappa shape index (κ2) is 6.20. The number of piperazine rings is 1. The predicted octanol–water partition coefficient (Wildman–Crippen LogP) is 2.53. The Balaban J connectivity index is 1.86. The maximum atomic E-state index is 4.27. The molecular weight excluding hydrogens is 328 g/mol. The number of anilines is 1. The molecule has 0 saturated carbocycles. The molecule has 1 fully saturated rings. The van der Waals surface area contributed by atoms with Gasteiger partial charge >= 0.3 is 0 Å². The smallest absolute Gasteiger partial charge is 0.0525 e. The van der Waals surface area contributed by atoms with E-state index < -0.39 is 0 Å². The van der Waals surface area contributed by atoms with Crippen LogP contribution in [0, 0.1) is 0 Å². The van der Waals surface area contributed by atoms with Gasteiger partial charge in [0, 0.05) is 56.0 Å². The van der Waals surface area contributed by atoms with E-state index in [4.69, 9.17) is 0 Å². The highest BCUT2D eigenvalue weighted by molar-refractivity contribution is 9.10. The zero-order valence-electron chi connectivity index (χ0n) is 12.6. The predicted molar refractivity (Wildman–Crippen MR) is 89.9 cm³/mol. The molecule has 0 aliphatic carbocycles. The van der Waals surface area contributed by atoms with Crippen molar-refractivity contribution in [2.45, 2.75) is 6.42 Å². The van der Waals surface area contributed by atoms with Gasteiger partial charge in [0.05, 0.1) is 6.20 Å². The van der Waals surface area contributed by atoms with Crippen molar-refractivity contribution in [2.24, 2.45) is 7.05 Å². The lowest BCUT2D eigenvalue weighted by Crippen LogP contribution is -2.44. The normalized spacial score (nSPS) is 16.4. The van der Waals surface area contributed by atoms with E-state index in [1.807, 2.05) is 17.9 Å². The van der Waals surface area contributed by atoms with Gasteiger partial charge in [-0.3, -0.25) is 4.68 Å². The second-order valence-corrected chi connectivity index (χ2v) is 6.68. The molecule has 0 radical (unpaired) electrons. The molecule has 0 N–H and O–H groups in total. The standard InChI is InChI=1S/C16H21BrN4/c1-19-5-7-21(8-6-19)16-4-3-15(17)10-14(16)9-13-11-18-20(2)12-13/h3-4,10-12H,5-9H2,1-2H3. The monoisotopic (exact) mass is 348 g/mol. The zero-order valence-corrected chi connectivity index (χ0v) is 14.2. The van der Waals surface area contributed by atoms with Gasteiger partial charge in [-0.1, -0.05) is 15.9 Å². The molecule has 1 aromatic carbocycles. The van der Waals surface area contributed by atoms with Gasteiger partial charge in [0.1, 0.15) is 0 Å². The fourth-order valence-electron chi connectivity index (χ4n) is 2.83. The number of aryl methyl sites for hydroxylation is 1. The van der Waals surface area contributed by atoms with Crippen LogP contribution in [0.2, 0.25) is 0 Å². The van der Waals surface area contributed by atoms with Crippen molar-refractivity contribution in [1.29, 1.82) is 0 Å². The molecule has 0 spiro atoms. The van der Waals surface area contributed by atoms with Crippen LogP contribution < -0.4 is 4.90 Å². The van der Waals surface area contributed by atoms with Crippen molar-refractivity contribution in [2.75, 3.05) is 38.1 Å². The Hall–Kier alpha value is -1.33. The first-order chi connectivity index (χ1) is 10.1. The lowest BCUT2D eigenvalue weighted by molar-refractivity contribution is 0.312. The summed E-state index contributed by atoms with van der Waals surface area (Å²) in [5.74, 6) is 0. The average Bonchev–Trinajstić information content (AvgIpc) is 2.86. The van der Waals surface area contributed by atoms with Crippen LogP contribution in [-0.2, 0) is 13.5 Å². The van der Waals surface area contributed by atoms with E-state index >= 15 is 0 Å². The molecule has 2 aromatic rings. The molecule has 5 heteroatoms. The molecule has 1 aliphatic rings. The number of hydrogen-bond acceptors (Lipinski definition) is 3. The van der Waals surface area contributed by atoms with Gasteiger partial charge in [-0.15, -0.1) is 0 Å². The Morgan fingerprint density at radius 1 is 1.14 bits per heavy atom. The minimum absolute atomic E-state index is 0.926. The van der Waals surface area contributed by atoms with Gasteiger partial charge < -0.3 is 9.80 Å². The molecule has 0 atom stereocenters. The molecule has 0 unspecified atom stereocenters. The van der Waals surface area contributed by atoms with E-state index in [0.29, 0.717) is 0 Å². The van der Waals surface area contributed by atoms with Gasteiger partial charge in [-0.05, 0) is 36.4 Å². The van der Waals surface area contributed by atoms with Crippen molar-refractivity contribution in [3.05, 3.63) is 46.2 Å². The van der Waals surface area contributed by atoms with Gasteiger partial charge in [0.2, 0.25) is 0 Å². The zero-order chi connectivity index (χ0) is 14.8. The summed E-state index contributed by atoms with van der Waals surface area (Å²) in [6.07, 6.45) is 4.97. The average molecular weight is 349 g/mol. The number of aromatic nitrogens is 2. The lowest BCUT2D eigenvalue weighted by atomic mass is 10.0. The van der Waals surface area contributed by atoms with Crippen LogP contribution in [0.1, 0.15) is 11.1 Å². The van der Waals surface area contributed by atoms with Gasteiger partial charge in [-0.25, -0.2) is 0 Å². The van der Waals surface area contributed by atoms with Crippen LogP contribution in [0.5, 0.6) is 0 Å². The van der Waals surface area contributed by atoms with Crippen LogP contribution in [0.15, 0.2) is 35.1 Å². The molecule has 112 valence electrons. The summed E-state index contributed by atoms with van der Waals surface area (Å²) in [5.41, 5.74) is 3.98. The van der Waals surface area contributed by atoms with Crippen molar-refractivity contribution >= 4 is 21.6 Å². The van der Waals surface area contributed by atoms with E-state index in [2.05, 4.69) is 62.3 Å².